The molecule has 2 aromatic heterocycles. The highest BCUT2D eigenvalue weighted by molar-refractivity contribution is 7.13. The molecule has 1 aromatic carbocycles. The number of nitrogen functional groups attached to an aromatic ring is 1. The summed E-state index contributed by atoms with van der Waals surface area (Å²) in [5, 5.41) is 3.39. The molecule has 1 aliphatic rings. The van der Waals surface area contributed by atoms with Crippen LogP contribution >= 0.6 is 34.5 Å². The lowest BCUT2D eigenvalue weighted by Crippen LogP contribution is -2.60. The van der Waals surface area contributed by atoms with Gasteiger partial charge in [-0.3, -0.25) is 9.59 Å². The number of hydrogen-bond donors (Lipinski definition) is 1. The van der Waals surface area contributed by atoms with Crippen LogP contribution in [0.4, 0.5) is 5.82 Å². The lowest BCUT2D eigenvalue weighted by Gasteiger charge is -2.40. The molecule has 0 saturated carbocycles. The molecule has 1 aliphatic heterocycles. The third kappa shape index (κ3) is 4.98. The predicted molar refractivity (Wildman–Crippen MR) is 127 cm³/mol. The van der Waals surface area contributed by atoms with E-state index in [2.05, 4.69) is 9.97 Å². The first kappa shape index (κ1) is 23.5. The predicted octanol–water partition coefficient (Wildman–Crippen LogP) is 2.85. The lowest BCUT2D eigenvalue weighted by molar-refractivity contribution is -0.155. The third-order valence-electron chi connectivity index (χ3n) is 5.32. The van der Waals surface area contributed by atoms with E-state index in [0.29, 0.717) is 41.1 Å². The zero-order chi connectivity index (χ0) is 23.5. The van der Waals surface area contributed by atoms with Gasteiger partial charge in [-0.1, -0.05) is 29.3 Å². The Morgan fingerprint density at radius 2 is 2.12 bits per heavy atom. The molecule has 33 heavy (non-hydrogen) atoms. The highest BCUT2D eigenvalue weighted by atomic mass is 35.5. The summed E-state index contributed by atoms with van der Waals surface area (Å²) in [6.45, 7) is 0.925. The monoisotopic (exact) mass is 509 g/mol. The molecule has 12 heteroatoms. The third-order valence-corrected chi connectivity index (χ3v) is 7.22. The van der Waals surface area contributed by atoms with Crippen molar-refractivity contribution in [2.75, 3.05) is 39.1 Å². The first-order chi connectivity index (χ1) is 15.9. The van der Waals surface area contributed by atoms with E-state index in [9.17, 15) is 9.59 Å². The molecule has 0 radical (unpaired) electrons. The maximum atomic E-state index is 13.2. The molecule has 3 heterocycles. The van der Waals surface area contributed by atoms with Crippen LogP contribution in [0.15, 0.2) is 29.9 Å². The van der Waals surface area contributed by atoms with Gasteiger partial charge in [0.25, 0.3) is 5.91 Å². The number of hydrogen-bond acceptors (Lipinski definition) is 8. The molecule has 0 aliphatic carbocycles. The van der Waals surface area contributed by atoms with Gasteiger partial charge in [0.1, 0.15) is 23.2 Å². The molecule has 2 amide bonds. The second-order valence-corrected chi connectivity index (χ2v) is 9.03. The Kier molecular flexibility index (Phi) is 7.18. The van der Waals surface area contributed by atoms with E-state index >= 15 is 0 Å². The molecule has 174 valence electrons. The quantitative estimate of drug-likeness (QED) is 0.521. The van der Waals surface area contributed by atoms with E-state index in [1.54, 1.807) is 10.3 Å². The van der Waals surface area contributed by atoms with Crippen LogP contribution in [0.5, 0.6) is 5.06 Å². The Balaban J connectivity index is 1.44. The van der Waals surface area contributed by atoms with Crippen molar-refractivity contribution < 1.29 is 19.1 Å². The van der Waals surface area contributed by atoms with Crippen LogP contribution in [0.1, 0.15) is 5.56 Å². The standard InChI is InChI=1S/C21H21Cl2N5O4S/c1-31-8-16-20(30)27(7-12-2-3-13-15(6-12)25-11-26-19(13)24)4-5-28(16)17(29)9-32-21-18(23)14(22)10-33-21/h2-3,6,10-11,16H,4-5,7-9H2,1H3,(H2,24,25,26)/t16-/m0/s1. The lowest BCUT2D eigenvalue weighted by atomic mass is 10.1. The maximum absolute atomic E-state index is 13.2. The fourth-order valence-electron chi connectivity index (χ4n) is 3.67. The van der Waals surface area contributed by atoms with Crippen LogP contribution in [0.25, 0.3) is 10.9 Å². The SMILES string of the molecule is COC[C@H]1C(=O)N(Cc2ccc3c(N)ncnc3c2)CCN1C(=O)COc1scc(Cl)c1Cl. The number of carbonyl (C=O) groups is 2. The average Bonchev–Trinajstić information content (AvgIpc) is 3.12. The highest BCUT2D eigenvalue weighted by Crippen LogP contribution is 2.38. The number of amides is 2. The van der Waals surface area contributed by atoms with Gasteiger partial charge in [0.05, 0.1) is 17.1 Å². The van der Waals surface area contributed by atoms with E-state index < -0.39 is 6.04 Å². The smallest absolute Gasteiger partial charge is 0.261 e. The van der Waals surface area contributed by atoms with Crippen molar-refractivity contribution in [2.45, 2.75) is 12.6 Å². The van der Waals surface area contributed by atoms with Gasteiger partial charge in [-0.05, 0) is 17.7 Å². The van der Waals surface area contributed by atoms with Crippen LogP contribution in [-0.4, -0.2) is 71.0 Å². The second kappa shape index (κ2) is 10.1. The van der Waals surface area contributed by atoms with Crippen molar-refractivity contribution in [1.29, 1.82) is 0 Å². The van der Waals surface area contributed by atoms with Crippen molar-refractivity contribution in [3.05, 3.63) is 45.5 Å². The summed E-state index contributed by atoms with van der Waals surface area (Å²) in [6.07, 6.45) is 1.41. The van der Waals surface area contributed by atoms with Crippen molar-refractivity contribution in [3.63, 3.8) is 0 Å². The molecule has 9 nitrogen and oxygen atoms in total. The van der Waals surface area contributed by atoms with Gasteiger partial charge in [-0.15, -0.1) is 11.3 Å². The van der Waals surface area contributed by atoms with Crippen LogP contribution in [0.2, 0.25) is 10.0 Å². The van der Waals surface area contributed by atoms with Crippen molar-refractivity contribution in [1.82, 2.24) is 19.8 Å². The van der Waals surface area contributed by atoms with E-state index in [1.807, 2.05) is 18.2 Å². The number of anilines is 1. The Morgan fingerprint density at radius 1 is 1.30 bits per heavy atom. The normalized spacial score (nSPS) is 16.5. The molecule has 3 aromatic rings. The van der Waals surface area contributed by atoms with Crippen LogP contribution in [-0.2, 0) is 20.9 Å². The van der Waals surface area contributed by atoms with Crippen molar-refractivity contribution >= 4 is 63.1 Å². The Labute approximate surface area is 204 Å². The van der Waals surface area contributed by atoms with E-state index in [1.165, 1.54) is 29.7 Å². The van der Waals surface area contributed by atoms with E-state index in [0.717, 1.165) is 10.9 Å². The summed E-state index contributed by atoms with van der Waals surface area (Å²) in [5.41, 5.74) is 7.50. The fourth-order valence-corrected chi connectivity index (χ4v) is 4.92. The first-order valence-electron chi connectivity index (χ1n) is 10.0. The molecule has 1 saturated heterocycles. The van der Waals surface area contributed by atoms with Gasteiger partial charge in [0.2, 0.25) is 5.91 Å². The number of rotatable bonds is 7. The number of fused-ring (bicyclic) bond motifs is 1. The summed E-state index contributed by atoms with van der Waals surface area (Å²) in [7, 11) is 1.49. The topological polar surface area (TPSA) is 111 Å². The van der Waals surface area contributed by atoms with Crippen LogP contribution in [0, 0.1) is 0 Å². The molecule has 1 atom stereocenters. The fraction of sp³-hybridized carbons (Fsp3) is 0.333. The summed E-state index contributed by atoms with van der Waals surface area (Å²) >= 11 is 13.2. The number of methoxy groups -OCH3 is 1. The Morgan fingerprint density at radius 3 is 2.85 bits per heavy atom. The zero-order valence-corrected chi connectivity index (χ0v) is 20.0. The largest absolute Gasteiger partial charge is 0.473 e. The second-order valence-electron chi connectivity index (χ2n) is 7.40. The minimum absolute atomic E-state index is 0.0775. The number of aromatic nitrogens is 2. The van der Waals surface area contributed by atoms with Crippen LogP contribution < -0.4 is 10.5 Å². The number of thiophene rings is 1. The van der Waals surface area contributed by atoms with Gasteiger partial charge >= 0.3 is 0 Å². The molecular formula is C21H21Cl2N5O4S. The molecule has 2 N–H and O–H groups in total. The Bertz CT molecular complexity index is 1190. The highest BCUT2D eigenvalue weighted by Gasteiger charge is 2.37. The number of ether oxygens (including phenoxy) is 2. The molecule has 0 bridgehead atoms. The molecule has 4 rings (SSSR count). The zero-order valence-electron chi connectivity index (χ0n) is 17.7. The van der Waals surface area contributed by atoms with Crippen molar-refractivity contribution in [3.8, 4) is 5.06 Å². The van der Waals surface area contributed by atoms with Crippen LogP contribution in [0.3, 0.4) is 0 Å². The average molecular weight is 510 g/mol. The molecule has 0 unspecified atom stereocenters. The molecule has 0 spiro atoms. The van der Waals surface area contributed by atoms with Gasteiger partial charge < -0.3 is 25.0 Å². The van der Waals surface area contributed by atoms with Crippen molar-refractivity contribution in [2.24, 2.45) is 0 Å². The first-order valence-corrected chi connectivity index (χ1v) is 11.6. The van der Waals surface area contributed by atoms with E-state index in [-0.39, 0.29) is 30.1 Å². The molecule has 1 fully saturated rings. The minimum Gasteiger partial charge on any atom is -0.473 e. The Hall–Kier alpha value is -2.66. The van der Waals surface area contributed by atoms with Gasteiger partial charge in [-0.2, -0.15) is 0 Å². The van der Waals surface area contributed by atoms with Gasteiger partial charge in [0, 0.05) is 37.5 Å². The number of nitrogens with zero attached hydrogens (tertiary/aromatic N) is 4. The number of piperazine rings is 1. The summed E-state index contributed by atoms with van der Waals surface area (Å²) < 4.78 is 10.8. The van der Waals surface area contributed by atoms with Gasteiger partial charge in [0.15, 0.2) is 11.7 Å². The maximum Gasteiger partial charge on any atom is 0.261 e. The minimum atomic E-state index is -0.749. The summed E-state index contributed by atoms with van der Waals surface area (Å²) in [5.74, 6) is -0.122. The summed E-state index contributed by atoms with van der Waals surface area (Å²) in [4.78, 5) is 37.5. The number of halogens is 2. The summed E-state index contributed by atoms with van der Waals surface area (Å²) in [6, 6.07) is 4.87. The number of nitrogens with two attached hydrogens (primary N) is 1. The number of carbonyl (C=O) groups excluding carboxylic acids is 2. The number of benzene rings is 1. The van der Waals surface area contributed by atoms with E-state index in [4.69, 9.17) is 38.4 Å². The van der Waals surface area contributed by atoms with Gasteiger partial charge in [-0.25, -0.2) is 9.97 Å². The molecular weight excluding hydrogens is 489 g/mol.